The Hall–Kier alpha value is -2.12. The number of hydrogen-bond acceptors (Lipinski definition) is 6. The van der Waals surface area contributed by atoms with E-state index in [9.17, 15) is 4.79 Å². The van der Waals surface area contributed by atoms with Gasteiger partial charge in [-0.15, -0.1) is 23.1 Å². The van der Waals surface area contributed by atoms with Gasteiger partial charge in [0.15, 0.2) is 0 Å². The maximum atomic E-state index is 12.2. The highest BCUT2D eigenvalue weighted by Gasteiger charge is 2.13. The van der Waals surface area contributed by atoms with Crippen molar-refractivity contribution in [2.75, 3.05) is 18.2 Å². The van der Waals surface area contributed by atoms with Gasteiger partial charge >= 0.3 is 0 Å². The summed E-state index contributed by atoms with van der Waals surface area (Å²) in [4.78, 5) is 23.2. The summed E-state index contributed by atoms with van der Waals surface area (Å²) in [6.45, 7) is 4.19. The van der Waals surface area contributed by atoms with Crippen LogP contribution in [0.25, 0.3) is 10.2 Å². The summed E-state index contributed by atoms with van der Waals surface area (Å²) < 4.78 is 5.25. The molecule has 0 fully saturated rings. The van der Waals surface area contributed by atoms with E-state index in [2.05, 4.69) is 29.1 Å². The summed E-state index contributed by atoms with van der Waals surface area (Å²) in [5, 5.41) is 4.95. The lowest BCUT2D eigenvalue weighted by Gasteiger charge is -2.09. The molecule has 7 heteroatoms. The van der Waals surface area contributed by atoms with Gasteiger partial charge in [0.1, 0.15) is 21.9 Å². The molecule has 0 spiro atoms. The third-order valence-electron chi connectivity index (χ3n) is 3.88. The monoisotopic (exact) mass is 373 g/mol. The van der Waals surface area contributed by atoms with Crippen molar-refractivity contribution in [2.45, 2.75) is 25.3 Å². The van der Waals surface area contributed by atoms with Crippen LogP contribution in [0.4, 0.5) is 5.69 Å². The van der Waals surface area contributed by atoms with E-state index in [1.54, 1.807) is 36.5 Å². The number of rotatable bonds is 6. The van der Waals surface area contributed by atoms with Gasteiger partial charge in [-0.2, -0.15) is 0 Å². The summed E-state index contributed by atoms with van der Waals surface area (Å²) >= 11 is 3.27. The molecule has 0 saturated carbocycles. The molecule has 1 N–H and O–H groups in total. The first-order valence-electron chi connectivity index (χ1n) is 7.86. The van der Waals surface area contributed by atoms with Gasteiger partial charge in [0.05, 0.1) is 12.8 Å². The number of methoxy groups -OCH3 is 1. The highest BCUT2D eigenvalue weighted by molar-refractivity contribution is 7.99. The van der Waals surface area contributed by atoms with Gasteiger partial charge in [-0.25, -0.2) is 9.97 Å². The van der Waals surface area contributed by atoms with Crippen molar-refractivity contribution in [3.05, 3.63) is 41.0 Å². The van der Waals surface area contributed by atoms with Crippen molar-refractivity contribution in [1.82, 2.24) is 9.97 Å². The average molecular weight is 374 g/mol. The molecule has 0 bridgehead atoms. The van der Waals surface area contributed by atoms with Crippen LogP contribution < -0.4 is 10.1 Å². The van der Waals surface area contributed by atoms with E-state index in [1.165, 1.54) is 10.4 Å². The highest BCUT2D eigenvalue weighted by Crippen LogP contribution is 2.34. The van der Waals surface area contributed by atoms with Crippen LogP contribution in [-0.4, -0.2) is 28.7 Å². The molecule has 130 valence electrons. The Morgan fingerprint density at radius 2 is 2.08 bits per heavy atom. The van der Waals surface area contributed by atoms with Crippen LogP contribution in [0.5, 0.6) is 5.75 Å². The summed E-state index contributed by atoms with van der Waals surface area (Å²) in [5.74, 6) is 1.27. The minimum atomic E-state index is -0.0412. The average Bonchev–Trinajstić information content (AvgIpc) is 2.90. The van der Waals surface area contributed by atoms with Gasteiger partial charge in [0.25, 0.3) is 0 Å². The van der Waals surface area contributed by atoms with Crippen LogP contribution in [0.1, 0.15) is 16.9 Å². The number of carbonyl (C=O) groups is 1. The first-order valence-corrected chi connectivity index (χ1v) is 9.66. The molecule has 2 aromatic heterocycles. The van der Waals surface area contributed by atoms with Crippen molar-refractivity contribution in [1.29, 1.82) is 0 Å². The SMILES string of the molecule is COc1ccccc1NC(=O)CCSc1ncnc2sc(C)c(C)c12. The number of nitrogens with zero attached hydrogens (tertiary/aromatic N) is 2. The number of amides is 1. The molecule has 1 aromatic carbocycles. The Morgan fingerprint density at radius 1 is 1.28 bits per heavy atom. The van der Waals surface area contributed by atoms with Crippen LogP contribution in [0.15, 0.2) is 35.6 Å². The number of thioether (sulfide) groups is 1. The molecule has 0 unspecified atom stereocenters. The zero-order chi connectivity index (χ0) is 17.8. The van der Waals surface area contributed by atoms with Crippen LogP contribution in [0.2, 0.25) is 0 Å². The summed E-state index contributed by atoms with van der Waals surface area (Å²) in [7, 11) is 1.59. The number of ether oxygens (including phenoxy) is 1. The lowest BCUT2D eigenvalue weighted by atomic mass is 10.2. The number of thiophene rings is 1. The van der Waals surface area contributed by atoms with Crippen molar-refractivity contribution in [3.8, 4) is 5.75 Å². The topological polar surface area (TPSA) is 64.1 Å². The quantitative estimate of drug-likeness (QED) is 0.511. The zero-order valence-corrected chi connectivity index (χ0v) is 16.0. The smallest absolute Gasteiger partial charge is 0.225 e. The molecule has 5 nitrogen and oxygen atoms in total. The molecule has 25 heavy (non-hydrogen) atoms. The number of anilines is 1. The number of carbonyl (C=O) groups excluding carboxylic acids is 1. The van der Waals surface area contributed by atoms with Gasteiger partial charge in [0.2, 0.25) is 5.91 Å². The minimum Gasteiger partial charge on any atom is -0.495 e. The standard InChI is InChI=1S/C18H19N3O2S2/c1-11-12(2)25-18-16(11)17(19-10-20-18)24-9-8-15(22)21-13-6-4-5-7-14(13)23-3/h4-7,10H,8-9H2,1-3H3,(H,21,22). The van der Waals surface area contributed by atoms with E-state index in [4.69, 9.17) is 4.74 Å². The highest BCUT2D eigenvalue weighted by atomic mass is 32.2. The fourth-order valence-corrected chi connectivity index (χ4v) is 4.52. The second-order valence-electron chi connectivity index (χ2n) is 5.49. The van der Waals surface area contributed by atoms with Gasteiger partial charge in [-0.1, -0.05) is 12.1 Å². The Bertz CT molecular complexity index is 908. The molecule has 3 aromatic rings. The molecule has 0 saturated heterocycles. The first kappa shape index (κ1) is 17.7. The predicted molar refractivity (Wildman–Crippen MR) is 104 cm³/mol. The molecule has 0 aliphatic carbocycles. The minimum absolute atomic E-state index is 0.0412. The molecule has 0 atom stereocenters. The maximum absolute atomic E-state index is 12.2. The van der Waals surface area contributed by atoms with E-state index in [0.717, 1.165) is 15.2 Å². The van der Waals surface area contributed by atoms with E-state index >= 15 is 0 Å². The van der Waals surface area contributed by atoms with Crippen molar-refractivity contribution in [3.63, 3.8) is 0 Å². The Labute approximate surface area is 154 Å². The predicted octanol–water partition coefficient (Wildman–Crippen LogP) is 4.44. The van der Waals surface area contributed by atoms with Crippen molar-refractivity contribution < 1.29 is 9.53 Å². The molecule has 0 aliphatic heterocycles. The molecule has 0 radical (unpaired) electrons. The zero-order valence-electron chi connectivity index (χ0n) is 14.3. The summed E-state index contributed by atoms with van der Waals surface area (Å²) in [6.07, 6.45) is 1.99. The number of aromatic nitrogens is 2. The van der Waals surface area contributed by atoms with Gasteiger partial charge in [-0.05, 0) is 31.5 Å². The van der Waals surface area contributed by atoms with Crippen LogP contribution >= 0.6 is 23.1 Å². The molecular weight excluding hydrogens is 354 g/mol. The fourth-order valence-electron chi connectivity index (χ4n) is 2.46. The summed E-state index contributed by atoms with van der Waals surface area (Å²) in [5.41, 5.74) is 1.91. The van der Waals surface area contributed by atoms with E-state index in [1.807, 2.05) is 24.3 Å². The first-order chi connectivity index (χ1) is 12.1. The fraction of sp³-hybridized carbons (Fsp3) is 0.278. The second kappa shape index (κ2) is 7.84. The molecular formula is C18H19N3O2S2. The van der Waals surface area contributed by atoms with E-state index in [-0.39, 0.29) is 5.91 Å². The number of para-hydroxylation sites is 2. The molecule has 2 heterocycles. The van der Waals surface area contributed by atoms with Gasteiger partial charge in [0, 0.05) is 22.4 Å². The number of hydrogen-bond donors (Lipinski definition) is 1. The molecule has 0 aliphatic rings. The Kier molecular flexibility index (Phi) is 5.55. The van der Waals surface area contributed by atoms with Crippen LogP contribution in [0.3, 0.4) is 0 Å². The maximum Gasteiger partial charge on any atom is 0.225 e. The number of fused-ring (bicyclic) bond motifs is 1. The number of benzene rings is 1. The number of aryl methyl sites for hydroxylation is 2. The third-order valence-corrected chi connectivity index (χ3v) is 5.99. The van der Waals surface area contributed by atoms with E-state index in [0.29, 0.717) is 23.6 Å². The van der Waals surface area contributed by atoms with Crippen LogP contribution in [0, 0.1) is 13.8 Å². The molecule has 3 rings (SSSR count). The Balaban J connectivity index is 1.62. The van der Waals surface area contributed by atoms with E-state index < -0.39 is 0 Å². The van der Waals surface area contributed by atoms with Crippen molar-refractivity contribution in [2.24, 2.45) is 0 Å². The molecule has 1 amide bonds. The lowest BCUT2D eigenvalue weighted by Crippen LogP contribution is -2.12. The van der Waals surface area contributed by atoms with Gasteiger partial charge < -0.3 is 10.1 Å². The van der Waals surface area contributed by atoms with Crippen LogP contribution in [-0.2, 0) is 4.79 Å². The largest absolute Gasteiger partial charge is 0.495 e. The summed E-state index contributed by atoms with van der Waals surface area (Å²) in [6, 6.07) is 7.39. The Morgan fingerprint density at radius 3 is 2.88 bits per heavy atom. The number of nitrogens with one attached hydrogen (secondary N) is 1. The lowest BCUT2D eigenvalue weighted by molar-refractivity contribution is -0.115. The van der Waals surface area contributed by atoms with Crippen molar-refractivity contribution >= 4 is 44.9 Å². The van der Waals surface area contributed by atoms with Gasteiger partial charge in [-0.3, -0.25) is 4.79 Å². The second-order valence-corrected chi connectivity index (χ2v) is 7.78. The third kappa shape index (κ3) is 3.93. The normalized spacial score (nSPS) is 10.8.